The average Bonchev–Trinajstić information content (AvgIpc) is 2.57. The van der Waals surface area contributed by atoms with Crippen LogP contribution in [0.4, 0.5) is 0 Å². The number of halogens is 1. The zero-order valence-corrected chi connectivity index (χ0v) is 13.3. The fraction of sp³-hybridized carbons (Fsp3) is 0.111. The second-order valence-electron chi connectivity index (χ2n) is 5.17. The number of nitrogens with one attached hydrogen (secondary N) is 1. The lowest BCUT2D eigenvalue weighted by molar-refractivity contribution is 0.478. The van der Waals surface area contributed by atoms with Crippen LogP contribution in [0, 0.1) is 6.92 Å². The van der Waals surface area contributed by atoms with Crippen LogP contribution in [0.3, 0.4) is 0 Å². The maximum Gasteiger partial charge on any atom is 0.264 e. The minimum atomic E-state index is -0.213. The lowest BCUT2D eigenvalue weighted by atomic mass is 10.0. The third kappa shape index (κ3) is 3.60. The van der Waals surface area contributed by atoms with Crippen LogP contribution in [-0.2, 0) is 6.42 Å². The van der Waals surface area contributed by atoms with Crippen molar-refractivity contribution in [2.75, 3.05) is 0 Å². The predicted molar refractivity (Wildman–Crippen MR) is 90.4 cm³/mol. The van der Waals surface area contributed by atoms with Crippen LogP contribution in [0.1, 0.15) is 16.8 Å². The van der Waals surface area contributed by atoms with E-state index in [2.05, 4.69) is 10.2 Å². The standard InChI is InChI=1S/C18H15ClN2O2/c1-12-13(11-14-8-10-17(22)21-20-14)7-9-16(19)18(12)23-15-5-3-2-4-6-15/h2-10H,11H2,1H3,(H,21,22). The zero-order valence-electron chi connectivity index (χ0n) is 12.5. The molecule has 5 heteroatoms. The molecule has 2 aromatic carbocycles. The van der Waals surface area contributed by atoms with E-state index >= 15 is 0 Å². The van der Waals surface area contributed by atoms with E-state index in [0.717, 1.165) is 22.6 Å². The summed E-state index contributed by atoms with van der Waals surface area (Å²) in [6.07, 6.45) is 0.588. The molecule has 0 aliphatic heterocycles. The van der Waals surface area contributed by atoms with Crippen LogP contribution < -0.4 is 10.3 Å². The molecule has 4 nitrogen and oxygen atoms in total. The van der Waals surface area contributed by atoms with Crippen molar-refractivity contribution in [3.8, 4) is 11.5 Å². The van der Waals surface area contributed by atoms with Gasteiger partial charge in [-0.25, -0.2) is 5.10 Å². The molecule has 1 N–H and O–H groups in total. The van der Waals surface area contributed by atoms with Gasteiger partial charge in [0, 0.05) is 12.5 Å². The first-order valence-electron chi connectivity index (χ1n) is 7.19. The fourth-order valence-corrected chi connectivity index (χ4v) is 2.53. The Morgan fingerprint density at radius 1 is 1.09 bits per heavy atom. The Bertz CT molecular complexity index is 855. The van der Waals surface area contributed by atoms with Crippen LogP contribution in [-0.4, -0.2) is 10.2 Å². The third-order valence-corrected chi connectivity index (χ3v) is 3.84. The summed E-state index contributed by atoms with van der Waals surface area (Å²) in [4.78, 5) is 11.1. The molecule has 1 aromatic heterocycles. The lowest BCUT2D eigenvalue weighted by Gasteiger charge is -2.14. The average molecular weight is 327 g/mol. The highest BCUT2D eigenvalue weighted by molar-refractivity contribution is 6.32. The summed E-state index contributed by atoms with van der Waals surface area (Å²) in [5.41, 5.74) is 2.56. The summed E-state index contributed by atoms with van der Waals surface area (Å²) in [5.74, 6) is 1.37. The molecule has 0 saturated heterocycles. The summed E-state index contributed by atoms with van der Waals surface area (Å²) in [6, 6.07) is 16.5. The van der Waals surface area contributed by atoms with Gasteiger partial charge >= 0.3 is 0 Å². The maximum atomic E-state index is 11.1. The first kappa shape index (κ1) is 15.3. The molecule has 0 aliphatic carbocycles. The van der Waals surface area contributed by atoms with Gasteiger partial charge in [-0.2, -0.15) is 5.10 Å². The first-order valence-corrected chi connectivity index (χ1v) is 7.57. The summed E-state index contributed by atoms with van der Waals surface area (Å²) >= 11 is 6.29. The Morgan fingerprint density at radius 2 is 1.87 bits per heavy atom. The van der Waals surface area contributed by atoms with Crippen LogP contribution in [0.5, 0.6) is 11.5 Å². The molecule has 3 rings (SSSR count). The summed E-state index contributed by atoms with van der Waals surface area (Å²) in [5, 5.41) is 7.04. The molecule has 0 aliphatic rings. The Morgan fingerprint density at radius 3 is 2.57 bits per heavy atom. The summed E-state index contributed by atoms with van der Waals surface area (Å²) in [6.45, 7) is 1.96. The number of hydrogen-bond donors (Lipinski definition) is 1. The molecule has 0 atom stereocenters. The molecule has 23 heavy (non-hydrogen) atoms. The van der Waals surface area contributed by atoms with Gasteiger partial charge in [0.15, 0.2) is 0 Å². The molecule has 0 amide bonds. The van der Waals surface area contributed by atoms with Crippen molar-refractivity contribution >= 4 is 11.6 Å². The molecule has 0 fully saturated rings. The van der Waals surface area contributed by atoms with Gasteiger partial charge in [0.2, 0.25) is 0 Å². The molecule has 0 saturated carbocycles. The van der Waals surface area contributed by atoms with Gasteiger partial charge in [0.05, 0.1) is 10.7 Å². The number of nitrogens with zero attached hydrogens (tertiary/aromatic N) is 1. The molecule has 0 radical (unpaired) electrons. The van der Waals surface area contributed by atoms with Gasteiger partial charge in [-0.1, -0.05) is 35.9 Å². The number of H-pyrrole nitrogens is 1. The molecule has 116 valence electrons. The van der Waals surface area contributed by atoms with E-state index in [4.69, 9.17) is 16.3 Å². The van der Waals surface area contributed by atoms with E-state index in [1.807, 2.05) is 49.4 Å². The van der Waals surface area contributed by atoms with Crippen molar-refractivity contribution in [2.45, 2.75) is 13.3 Å². The van der Waals surface area contributed by atoms with Crippen molar-refractivity contribution in [3.63, 3.8) is 0 Å². The second-order valence-corrected chi connectivity index (χ2v) is 5.57. The van der Waals surface area contributed by atoms with E-state index in [1.54, 1.807) is 6.07 Å². The number of hydrogen-bond acceptors (Lipinski definition) is 3. The Hall–Kier alpha value is -2.59. The number of para-hydroxylation sites is 1. The number of benzene rings is 2. The minimum absolute atomic E-state index is 0.213. The number of aromatic amines is 1. The molecule has 1 heterocycles. The van der Waals surface area contributed by atoms with Gasteiger partial charge < -0.3 is 4.74 Å². The molecule has 0 bridgehead atoms. The molecular formula is C18H15ClN2O2. The fourth-order valence-electron chi connectivity index (χ4n) is 2.29. The monoisotopic (exact) mass is 326 g/mol. The van der Waals surface area contributed by atoms with E-state index in [1.165, 1.54) is 6.07 Å². The lowest BCUT2D eigenvalue weighted by Crippen LogP contribution is -2.08. The number of rotatable bonds is 4. The zero-order chi connectivity index (χ0) is 16.2. The molecule has 0 unspecified atom stereocenters. The van der Waals surface area contributed by atoms with E-state index < -0.39 is 0 Å². The Balaban J connectivity index is 1.92. The highest BCUT2D eigenvalue weighted by Crippen LogP contribution is 2.35. The topological polar surface area (TPSA) is 55.0 Å². The molecular weight excluding hydrogens is 312 g/mol. The SMILES string of the molecule is Cc1c(Cc2ccc(=O)[nH]n2)ccc(Cl)c1Oc1ccccc1. The molecule has 3 aromatic rings. The van der Waals surface area contributed by atoms with E-state index in [9.17, 15) is 4.79 Å². The van der Waals surface area contributed by atoms with Crippen molar-refractivity contribution < 1.29 is 4.74 Å². The van der Waals surface area contributed by atoms with E-state index in [0.29, 0.717) is 17.2 Å². The quantitative estimate of drug-likeness (QED) is 0.784. The minimum Gasteiger partial charge on any atom is -0.456 e. The van der Waals surface area contributed by atoms with Crippen molar-refractivity contribution in [2.24, 2.45) is 0 Å². The van der Waals surface area contributed by atoms with Gasteiger partial charge in [0.1, 0.15) is 11.5 Å². The van der Waals surface area contributed by atoms with Crippen LogP contribution in [0.15, 0.2) is 59.4 Å². The first-order chi connectivity index (χ1) is 11.1. The Labute approximate surface area is 138 Å². The molecule has 0 spiro atoms. The predicted octanol–water partition coefficient (Wildman–Crippen LogP) is 4.11. The van der Waals surface area contributed by atoms with Gasteiger partial charge in [-0.05, 0) is 42.3 Å². The Kier molecular flexibility index (Phi) is 4.44. The smallest absolute Gasteiger partial charge is 0.264 e. The van der Waals surface area contributed by atoms with Crippen LogP contribution >= 0.6 is 11.6 Å². The third-order valence-electron chi connectivity index (χ3n) is 3.54. The van der Waals surface area contributed by atoms with Gasteiger partial charge in [0.25, 0.3) is 5.56 Å². The van der Waals surface area contributed by atoms with Gasteiger partial charge in [-0.15, -0.1) is 0 Å². The number of aromatic nitrogens is 2. The van der Waals surface area contributed by atoms with Crippen molar-refractivity contribution in [1.82, 2.24) is 10.2 Å². The summed E-state index contributed by atoms with van der Waals surface area (Å²) < 4.78 is 5.93. The highest BCUT2D eigenvalue weighted by Gasteiger charge is 2.12. The maximum absolute atomic E-state index is 11.1. The largest absolute Gasteiger partial charge is 0.456 e. The second kappa shape index (κ2) is 6.67. The highest BCUT2D eigenvalue weighted by atomic mass is 35.5. The number of ether oxygens (including phenoxy) is 1. The van der Waals surface area contributed by atoms with Crippen molar-refractivity contribution in [3.05, 3.63) is 86.8 Å². The van der Waals surface area contributed by atoms with Crippen LogP contribution in [0.25, 0.3) is 0 Å². The summed E-state index contributed by atoms with van der Waals surface area (Å²) in [7, 11) is 0. The van der Waals surface area contributed by atoms with Crippen molar-refractivity contribution in [1.29, 1.82) is 0 Å². The van der Waals surface area contributed by atoms with Gasteiger partial charge in [-0.3, -0.25) is 4.79 Å². The normalized spacial score (nSPS) is 10.5. The van der Waals surface area contributed by atoms with E-state index in [-0.39, 0.29) is 5.56 Å². The van der Waals surface area contributed by atoms with Crippen LogP contribution in [0.2, 0.25) is 5.02 Å².